The van der Waals surface area contributed by atoms with Gasteiger partial charge in [0.2, 0.25) is 0 Å². The number of hydrogen-bond acceptors (Lipinski definition) is 2. The Balaban J connectivity index is 2.47. The Morgan fingerprint density at radius 1 is 1.71 bits per heavy atom. The van der Waals surface area contributed by atoms with Gasteiger partial charge in [0, 0.05) is 19.2 Å². The molecule has 14 heavy (non-hydrogen) atoms. The molecule has 1 N–H and O–H groups in total. The second-order valence-electron chi connectivity index (χ2n) is 3.04. The van der Waals surface area contributed by atoms with Gasteiger partial charge in [0.1, 0.15) is 0 Å². The lowest BCUT2D eigenvalue weighted by atomic mass is 10.3. The first-order valence-electron chi connectivity index (χ1n) is 4.57. The third-order valence-corrected chi connectivity index (χ3v) is 2.56. The minimum absolute atomic E-state index is 0.193. The highest BCUT2D eigenvalue weighted by Crippen LogP contribution is 2.15. The summed E-state index contributed by atoms with van der Waals surface area (Å²) < 4.78 is 2.78. The average Bonchev–Trinajstić information content (AvgIpc) is 2.45. The molecule has 0 aliphatic heterocycles. The molecule has 1 rings (SSSR count). The molecule has 5 heteroatoms. The molecule has 0 spiro atoms. The Labute approximate surface area is 91.1 Å². The molecule has 0 bridgehead atoms. The van der Waals surface area contributed by atoms with E-state index in [2.05, 4.69) is 21.0 Å². The van der Waals surface area contributed by atoms with Crippen molar-refractivity contribution in [1.29, 1.82) is 0 Å². The lowest BCUT2D eigenvalue weighted by Gasteiger charge is -1.98. The summed E-state index contributed by atoms with van der Waals surface area (Å²) >= 11 is 3.40. The molecule has 1 aromatic heterocycles. The van der Waals surface area contributed by atoms with Crippen molar-refractivity contribution in [2.45, 2.75) is 32.7 Å². The van der Waals surface area contributed by atoms with Crippen LogP contribution >= 0.6 is 15.9 Å². The van der Waals surface area contributed by atoms with E-state index in [-0.39, 0.29) is 6.42 Å². The van der Waals surface area contributed by atoms with Crippen LogP contribution in [0.4, 0.5) is 0 Å². The predicted octanol–water partition coefficient (Wildman–Crippen LogP) is 2.07. The highest BCUT2D eigenvalue weighted by atomic mass is 79.9. The van der Waals surface area contributed by atoms with Crippen LogP contribution < -0.4 is 0 Å². The van der Waals surface area contributed by atoms with Gasteiger partial charge in [-0.15, -0.1) is 0 Å². The van der Waals surface area contributed by atoms with Gasteiger partial charge in [-0.2, -0.15) is 5.10 Å². The normalized spacial score (nSPS) is 10.4. The maximum absolute atomic E-state index is 10.3. The molecule has 0 aliphatic rings. The first-order chi connectivity index (χ1) is 6.63. The number of hydrogen-bond donors (Lipinski definition) is 1. The Kier molecular flexibility index (Phi) is 4.13. The SMILES string of the molecule is CCc1nn(CCCC(=O)O)cc1Br. The molecule has 0 unspecified atom stereocenters. The summed E-state index contributed by atoms with van der Waals surface area (Å²) in [5, 5.41) is 12.8. The molecule has 0 aliphatic carbocycles. The van der Waals surface area contributed by atoms with Crippen LogP contribution in [0.2, 0.25) is 0 Å². The largest absolute Gasteiger partial charge is 0.481 e. The lowest BCUT2D eigenvalue weighted by Crippen LogP contribution is -2.02. The zero-order valence-corrected chi connectivity index (χ0v) is 9.62. The van der Waals surface area contributed by atoms with Crippen LogP contribution in [0.1, 0.15) is 25.5 Å². The van der Waals surface area contributed by atoms with Gasteiger partial charge in [-0.3, -0.25) is 9.48 Å². The van der Waals surface area contributed by atoms with Gasteiger partial charge in [0.05, 0.1) is 10.2 Å². The molecule has 0 radical (unpaired) electrons. The predicted molar refractivity (Wildman–Crippen MR) is 56.2 cm³/mol. The van der Waals surface area contributed by atoms with Crippen molar-refractivity contribution in [1.82, 2.24) is 9.78 Å². The van der Waals surface area contributed by atoms with E-state index < -0.39 is 5.97 Å². The topological polar surface area (TPSA) is 55.1 Å². The molecule has 78 valence electrons. The van der Waals surface area contributed by atoms with E-state index in [1.54, 1.807) is 4.68 Å². The number of halogens is 1. The van der Waals surface area contributed by atoms with E-state index in [0.29, 0.717) is 13.0 Å². The van der Waals surface area contributed by atoms with Crippen LogP contribution in [0.25, 0.3) is 0 Å². The number of aliphatic carboxylic acids is 1. The quantitative estimate of drug-likeness (QED) is 0.882. The molecule has 0 amide bonds. The fourth-order valence-electron chi connectivity index (χ4n) is 1.18. The van der Waals surface area contributed by atoms with Crippen molar-refractivity contribution < 1.29 is 9.90 Å². The van der Waals surface area contributed by atoms with E-state index in [9.17, 15) is 4.79 Å². The fraction of sp³-hybridized carbons (Fsp3) is 0.556. The van der Waals surface area contributed by atoms with Crippen LogP contribution in [0.5, 0.6) is 0 Å². The Morgan fingerprint density at radius 2 is 2.43 bits per heavy atom. The summed E-state index contributed by atoms with van der Waals surface area (Å²) in [6.45, 7) is 2.69. The minimum atomic E-state index is -0.757. The Morgan fingerprint density at radius 3 is 2.93 bits per heavy atom. The molecule has 0 aromatic carbocycles. The van der Waals surface area contributed by atoms with Crippen LogP contribution in [0, 0.1) is 0 Å². The summed E-state index contributed by atoms with van der Waals surface area (Å²) in [5.41, 5.74) is 1.01. The van der Waals surface area contributed by atoms with Crippen molar-refractivity contribution in [2.75, 3.05) is 0 Å². The average molecular weight is 261 g/mol. The molecule has 1 aromatic rings. The molecule has 1 heterocycles. The lowest BCUT2D eigenvalue weighted by molar-refractivity contribution is -0.137. The summed E-state index contributed by atoms with van der Waals surface area (Å²) in [6.07, 6.45) is 3.58. The van der Waals surface area contributed by atoms with Gasteiger partial charge in [0.15, 0.2) is 0 Å². The van der Waals surface area contributed by atoms with E-state index in [4.69, 9.17) is 5.11 Å². The van der Waals surface area contributed by atoms with Gasteiger partial charge in [-0.1, -0.05) is 6.92 Å². The molecule has 0 atom stereocenters. The third kappa shape index (κ3) is 3.14. The van der Waals surface area contributed by atoms with Gasteiger partial charge in [-0.25, -0.2) is 0 Å². The summed E-state index contributed by atoms with van der Waals surface area (Å²) in [6, 6.07) is 0. The Hall–Kier alpha value is -0.840. The second kappa shape index (κ2) is 5.14. The van der Waals surface area contributed by atoms with E-state index in [1.807, 2.05) is 13.1 Å². The number of rotatable bonds is 5. The number of carbonyl (C=O) groups is 1. The number of carboxylic acids is 1. The Bertz CT molecular complexity index is 323. The van der Waals surface area contributed by atoms with Crippen molar-refractivity contribution in [3.8, 4) is 0 Å². The molecular formula is C9H13BrN2O2. The van der Waals surface area contributed by atoms with Crippen LogP contribution in [0.15, 0.2) is 10.7 Å². The number of aryl methyl sites for hydroxylation is 2. The van der Waals surface area contributed by atoms with Gasteiger partial charge in [-0.05, 0) is 28.8 Å². The van der Waals surface area contributed by atoms with Crippen LogP contribution in [0.3, 0.4) is 0 Å². The standard InChI is InChI=1S/C9H13BrN2O2/c1-2-8-7(10)6-12(11-8)5-3-4-9(13)14/h6H,2-5H2,1H3,(H,13,14). The zero-order chi connectivity index (χ0) is 10.6. The van der Waals surface area contributed by atoms with Gasteiger partial charge >= 0.3 is 5.97 Å². The van der Waals surface area contributed by atoms with Crippen molar-refractivity contribution in [2.24, 2.45) is 0 Å². The van der Waals surface area contributed by atoms with Crippen molar-refractivity contribution in [3.63, 3.8) is 0 Å². The molecular weight excluding hydrogens is 248 g/mol. The summed E-state index contributed by atoms with van der Waals surface area (Å²) in [7, 11) is 0. The van der Waals surface area contributed by atoms with Crippen molar-refractivity contribution >= 4 is 21.9 Å². The molecule has 0 saturated carbocycles. The molecule has 0 fully saturated rings. The number of aromatic nitrogens is 2. The summed E-state index contributed by atoms with van der Waals surface area (Å²) in [4.78, 5) is 10.3. The highest BCUT2D eigenvalue weighted by molar-refractivity contribution is 9.10. The van der Waals surface area contributed by atoms with Gasteiger partial charge in [0.25, 0.3) is 0 Å². The highest BCUT2D eigenvalue weighted by Gasteiger charge is 2.04. The maximum atomic E-state index is 10.3. The minimum Gasteiger partial charge on any atom is -0.481 e. The zero-order valence-electron chi connectivity index (χ0n) is 8.03. The van der Waals surface area contributed by atoms with E-state index in [0.717, 1.165) is 16.6 Å². The maximum Gasteiger partial charge on any atom is 0.303 e. The van der Waals surface area contributed by atoms with Gasteiger partial charge < -0.3 is 5.11 Å². The van der Waals surface area contributed by atoms with Crippen LogP contribution in [-0.2, 0) is 17.8 Å². The molecule has 0 saturated heterocycles. The smallest absolute Gasteiger partial charge is 0.303 e. The van der Waals surface area contributed by atoms with Crippen LogP contribution in [-0.4, -0.2) is 20.9 Å². The fourth-order valence-corrected chi connectivity index (χ4v) is 1.78. The third-order valence-electron chi connectivity index (χ3n) is 1.90. The monoisotopic (exact) mass is 260 g/mol. The summed E-state index contributed by atoms with van der Waals surface area (Å²) in [5.74, 6) is -0.757. The number of carboxylic acid groups (broad SMARTS) is 1. The first-order valence-corrected chi connectivity index (χ1v) is 5.36. The first kappa shape index (κ1) is 11.2. The van der Waals surface area contributed by atoms with E-state index in [1.165, 1.54) is 0 Å². The molecule has 4 nitrogen and oxygen atoms in total. The number of nitrogens with zero attached hydrogens (tertiary/aromatic N) is 2. The second-order valence-corrected chi connectivity index (χ2v) is 3.89. The van der Waals surface area contributed by atoms with E-state index >= 15 is 0 Å². The van der Waals surface area contributed by atoms with Crippen molar-refractivity contribution in [3.05, 3.63) is 16.4 Å².